The van der Waals surface area contributed by atoms with Gasteiger partial charge in [-0.25, -0.2) is 8.42 Å². The minimum Gasteiger partial charge on any atom is -0.380 e. The maximum atomic E-state index is 12.8. The zero-order valence-electron chi connectivity index (χ0n) is 11.8. The third-order valence-corrected chi connectivity index (χ3v) is 6.64. The molecule has 0 spiro atoms. The Hall–Kier alpha value is -0.910. The van der Waals surface area contributed by atoms with E-state index in [2.05, 4.69) is 5.32 Å². The highest BCUT2D eigenvalue weighted by Crippen LogP contribution is 2.28. The summed E-state index contributed by atoms with van der Waals surface area (Å²) in [7, 11) is -1.51. The first-order valence-electron chi connectivity index (χ1n) is 7.23. The number of benzene rings is 1. The van der Waals surface area contributed by atoms with Crippen LogP contribution in [-0.4, -0.2) is 40.0 Å². The molecule has 3 rings (SSSR count). The summed E-state index contributed by atoms with van der Waals surface area (Å²) in [4.78, 5) is 0.453. The summed E-state index contributed by atoms with van der Waals surface area (Å²) < 4.78 is 31.1. The normalized spacial score (nSPS) is 26.4. The van der Waals surface area contributed by atoms with E-state index in [1.165, 1.54) is 11.1 Å². The van der Waals surface area contributed by atoms with Gasteiger partial charge in [0.05, 0.1) is 11.5 Å². The Kier molecular flexibility index (Phi) is 3.84. The van der Waals surface area contributed by atoms with Gasteiger partial charge in [-0.3, -0.25) is 0 Å². The summed E-state index contributed by atoms with van der Waals surface area (Å²) in [5.74, 6) is 0. The summed E-state index contributed by atoms with van der Waals surface area (Å²) in [5.41, 5.74) is 2.50. The maximum absolute atomic E-state index is 12.8. The molecule has 110 valence electrons. The SMILES string of the molecule is CNC1CCOCC1S(=O)(=O)c1ccc2c(c1)CCC2. The molecule has 1 heterocycles. The van der Waals surface area contributed by atoms with Crippen molar-refractivity contribution in [1.29, 1.82) is 0 Å². The number of nitrogens with one attached hydrogen (secondary N) is 1. The zero-order valence-corrected chi connectivity index (χ0v) is 12.6. The average molecular weight is 295 g/mol. The molecule has 1 aromatic carbocycles. The summed E-state index contributed by atoms with van der Waals surface area (Å²) >= 11 is 0. The molecule has 5 heteroatoms. The second-order valence-corrected chi connectivity index (χ2v) is 7.79. The standard InChI is InChI=1S/C15H21NO3S/c1-16-14-7-8-19-10-15(14)20(17,18)13-6-5-11-3-2-4-12(11)9-13/h5-6,9,14-16H,2-4,7-8,10H2,1H3. The zero-order chi connectivity index (χ0) is 14.2. The van der Waals surface area contributed by atoms with Gasteiger partial charge in [0.2, 0.25) is 0 Å². The maximum Gasteiger partial charge on any atom is 0.185 e. The summed E-state index contributed by atoms with van der Waals surface area (Å²) in [6, 6.07) is 5.59. The highest BCUT2D eigenvalue weighted by molar-refractivity contribution is 7.92. The van der Waals surface area contributed by atoms with Crippen LogP contribution in [0.5, 0.6) is 0 Å². The van der Waals surface area contributed by atoms with E-state index in [0.29, 0.717) is 11.5 Å². The molecule has 0 radical (unpaired) electrons. The van der Waals surface area contributed by atoms with Crippen LogP contribution < -0.4 is 5.32 Å². The van der Waals surface area contributed by atoms with Gasteiger partial charge in [-0.05, 0) is 56.0 Å². The van der Waals surface area contributed by atoms with Crippen LogP contribution in [0.3, 0.4) is 0 Å². The molecule has 1 N–H and O–H groups in total. The third-order valence-electron chi connectivity index (χ3n) is 4.47. The van der Waals surface area contributed by atoms with E-state index < -0.39 is 15.1 Å². The molecular formula is C15H21NO3S. The molecule has 1 saturated heterocycles. The average Bonchev–Trinajstić information content (AvgIpc) is 2.94. The van der Waals surface area contributed by atoms with Gasteiger partial charge in [-0.1, -0.05) is 6.07 Å². The lowest BCUT2D eigenvalue weighted by Gasteiger charge is -2.31. The largest absolute Gasteiger partial charge is 0.380 e. The van der Waals surface area contributed by atoms with Gasteiger partial charge >= 0.3 is 0 Å². The molecule has 20 heavy (non-hydrogen) atoms. The first-order valence-corrected chi connectivity index (χ1v) is 8.78. The van der Waals surface area contributed by atoms with E-state index in [4.69, 9.17) is 4.74 Å². The smallest absolute Gasteiger partial charge is 0.185 e. The predicted molar refractivity (Wildman–Crippen MR) is 77.7 cm³/mol. The van der Waals surface area contributed by atoms with Gasteiger partial charge in [0.15, 0.2) is 9.84 Å². The van der Waals surface area contributed by atoms with Crippen molar-refractivity contribution in [3.8, 4) is 0 Å². The fourth-order valence-electron chi connectivity index (χ4n) is 3.25. The Labute approximate surface area is 120 Å². The fourth-order valence-corrected chi connectivity index (χ4v) is 5.14. The van der Waals surface area contributed by atoms with Crippen molar-refractivity contribution in [2.75, 3.05) is 20.3 Å². The van der Waals surface area contributed by atoms with E-state index in [1.807, 2.05) is 19.2 Å². The van der Waals surface area contributed by atoms with Crippen molar-refractivity contribution in [2.45, 2.75) is 41.9 Å². The van der Waals surface area contributed by atoms with Crippen LogP contribution in [0.2, 0.25) is 0 Å². The molecule has 2 aliphatic rings. The van der Waals surface area contributed by atoms with Crippen molar-refractivity contribution in [3.05, 3.63) is 29.3 Å². The van der Waals surface area contributed by atoms with Crippen LogP contribution in [-0.2, 0) is 27.4 Å². The van der Waals surface area contributed by atoms with E-state index in [-0.39, 0.29) is 12.6 Å². The molecular weight excluding hydrogens is 274 g/mol. The third kappa shape index (κ3) is 2.38. The lowest BCUT2D eigenvalue weighted by Crippen LogP contribution is -2.49. The molecule has 2 unspecified atom stereocenters. The molecule has 4 nitrogen and oxygen atoms in total. The highest BCUT2D eigenvalue weighted by atomic mass is 32.2. The first kappa shape index (κ1) is 14.0. The van der Waals surface area contributed by atoms with Crippen molar-refractivity contribution in [1.82, 2.24) is 5.32 Å². The lowest BCUT2D eigenvalue weighted by molar-refractivity contribution is 0.0825. The van der Waals surface area contributed by atoms with Gasteiger partial charge in [0, 0.05) is 12.6 Å². The first-order chi connectivity index (χ1) is 9.63. The topological polar surface area (TPSA) is 55.4 Å². The number of hydrogen-bond donors (Lipinski definition) is 1. The van der Waals surface area contributed by atoms with Gasteiger partial charge in [0.1, 0.15) is 5.25 Å². The van der Waals surface area contributed by atoms with E-state index in [0.717, 1.165) is 25.7 Å². The number of sulfone groups is 1. The number of hydrogen-bond acceptors (Lipinski definition) is 4. The number of rotatable bonds is 3. The highest BCUT2D eigenvalue weighted by Gasteiger charge is 2.36. The number of ether oxygens (including phenoxy) is 1. The summed E-state index contributed by atoms with van der Waals surface area (Å²) in [5, 5.41) is 2.64. The number of fused-ring (bicyclic) bond motifs is 1. The van der Waals surface area contributed by atoms with Crippen molar-refractivity contribution < 1.29 is 13.2 Å². The van der Waals surface area contributed by atoms with Crippen LogP contribution >= 0.6 is 0 Å². The Morgan fingerprint density at radius 1 is 1.25 bits per heavy atom. The second-order valence-electron chi connectivity index (χ2n) is 5.63. The molecule has 0 saturated carbocycles. The Balaban J connectivity index is 1.94. The fraction of sp³-hybridized carbons (Fsp3) is 0.600. The molecule has 0 amide bonds. The molecule has 0 bridgehead atoms. The Bertz CT molecular complexity index is 597. The van der Waals surface area contributed by atoms with Gasteiger partial charge < -0.3 is 10.1 Å². The summed E-state index contributed by atoms with van der Waals surface area (Å²) in [6.45, 7) is 0.909. The van der Waals surface area contributed by atoms with Crippen LogP contribution in [0.1, 0.15) is 24.0 Å². The predicted octanol–water partition coefficient (Wildman–Crippen LogP) is 1.33. The molecule has 0 aromatic heterocycles. The van der Waals surface area contributed by atoms with Crippen LogP contribution in [0.25, 0.3) is 0 Å². The minimum absolute atomic E-state index is 0.0259. The second kappa shape index (κ2) is 5.47. The monoisotopic (exact) mass is 295 g/mol. The van der Waals surface area contributed by atoms with Crippen LogP contribution in [0, 0.1) is 0 Å². The van der Waals surface area contributed by atoms with E-state index >= 15 is 0 Å². The van der Waals surface area contributed by atoms with Crippen molar-refractivity contribution in [2.24, 2.45) is 0 Å². The molecule has 1 aliphatic heterocycles. The quantitative estimate of drug-likeness (QED) is 0.914. The lowest BCUT2D eigenvalue weighted by atomic mass is 10.1. The Morgan fingerprint density at radius 2 is 2.05 bits per heavy atom. The molecule has 2 atom stereocenters. The number of aryl methyl sites for hydroxylation is 2. The van der Waals surface area contributed by atoms with Crippen molar-refractivity contribution >= 4 is 9.84 Å². The van der Waals surface area contributed by atoms with Gasteiger partial charge in [-0.2, -0.15) is 0 Å². The van der Waals surface area contributed by atoms with Gasteiger partial charge in [0.25, 0.3) is 0 Å². The summed E-state index contributed by atoms with van der Waals surface area (Å²) in [6.07, 6.45) is 3.94. The van der Waals surface area contributed by atoms with E-state index in [9.17, 15) is 8.42 Å². The van der Waals surface area contributed by atoms with Crippen LogP contribution in [0.4, 0.5) is 0 Å². The van der Waals surface area contributed by atoms with Crippen LogP contribution in [0.15, 0.2) is 23.1 Å². The molecule has 1 aliphatic carbocycles. The van der Waals surface area contributed by atoms with Crippen molar-refractivity contribution in [3.63, 3.8) is 0 Å². The van der Waals surface area contributed by atoms with E-state index in [1.54, 1.807) is 6.07 Å². The molecule has 1 fully saturated rings. The van der Waals surface area contributed by atoms with Gasteiger partial charge in [-0.15, -0.1) is 0 Å². The minimum atomic E-state index is -3.33. The Morgan fingerprint density at radius 3 is 2.85 bits per heavy atom. The molecule has 1 aromatic rings.